The maximum absolute atomic E-state index is 5.76. The van der Waals surface area contributed by atoms with Crippen LogP contribution in [0.15, 0.2) is 24.3 Å². The molecule has 126 valence electrons. The van der Waals surface area contributed by atoms with Crippen LogP contribution in [0.25, 0.3) is 0 Å². The van der Waals surface area contributed by atoms with E-state index in [2.05, 4.69) is 67.8 Å². The van der Waals surface area contributed by atoms with Gasteiger partial charge in [-0.3, -0.25) is 0 Å². The molecule has 0 aliphatic rings. The molecular weight excluding hydrogens is 306 g/mol. The second-order valence-electron chi connectivity index (χ2n) is 7.51. The van der Waals surface area contributed by atoms with Crippen LogP contribution >= 0.6 is 0 Å². The Morgan fingerprint density at radius 2 is 1.41 bits per heavy atom. The van der Waals surface area contributed by atoms with Crippen molar-refractivity contribution in [3.63, 3.8) is 0 Å². The fraction of sp³-hybridized carbons (Fsp3) is 0.647. The summed E-state index contributed by atoms with van der Waals surface area (Å²) in [6.07, 6.45) is -0.264. The number of nitrogens with zero attached hydrogens (tertiary/aromatic N) is 1. The van der Waals surface area contributed by atoms with Gasteiger partial charge < -0.3 is 13.7 Å². The molecule has 0 spiro atoms. The smallest absolute Gasteiger partial charge is 0.183 e. The molecule has 0 fully saturated rings. The lowest BCUT2D eigenvalue weighted by Gasteiger charge is -2.46. The molecule has 5 heteroatoms. The first kappa shape index (κ1) is 19.4. The van der Waals surface area contributed by atoms with Crippen molar-refractivity contribution in [2.75, 3.05) is 17.4 Å². The minimum Gasteiger partial charge on any atom is -0.425 e. The van der Waals surface area contributed by atoms with Crippen molar-refractivity contribution in [3.05, 3.63) is 29.8 Å². The van der Waals surface area contributed by atoms with E-state index in [-0.39, 0.29) is 6.29 Å². The van der Waals surface area contributed by atoms with Gasteiger partial charge in [-0.25, -0.2) is 0 Å². The molecule has 1 aromatic carbocycles. The molecule has 0 aromatic heterocycles. The molecule has 0 bridgehead atoms. The highest BCUT2D eigenvalue weighted by Gasteiger charge is 2.34. The highest BCUT2D eigenvalue weighted by Crippen LogP contribution is 2.31. The number of anilines is 1. The molecule has 3 nitrogen and oxygen atoms in total. The minimum atomic E-state index is -1.44. The van der Waals surface area contributed by atoms with Crippen LogP contribution in [-0.2, 0) is 9.47 Å². The van der Waals surface area contributed by atoms with Crippen LogP contribution in [0.5, 0.6) is 0 Å². The molecule has 22 heavy (non-hydrogen) atoms. The predicted molar refractivity (Wildman–Crippen MR) is 102 cm³/mol. The molecule has 0 unspecified atom stereocenters. The monoisotopic (exact) mass is 339 g/mol. The van der Waals surface area contributed by atoms with Gasteiger partial charge in [0.05, 0.1) is 0 Å². The van der Waals surface area contributed by atoms with Gasteiger partial charge in [0.15, 0.2) is 6.29 Å². The van der Waals surface area contributed by atoms with E-state index in [1.165, 1.54) is 5.69 Å². The van der Waals surface area contributed by atoms with Crippen molar-refractivity contribution in [2.24, 2.45) is 0 Å². The molecule has 1 rings (SSSR count). The van der Waals surface area contributed by atoms with Crippen molar-refractivity contribution in [3.8, 4) is 0 Å². The summed E-state index contributed by atoms with van der Waals surface area (Å²) >= 11 is 0. The van der Waals surface area contributed by atoms with E-state index in [9.17, 15) is 0 Å². The van der Waals surface area contributed by atoms with Crippen LogP contribution in [0, 0.1) is 0 Å². The van der Waals surface area contributed by atoms with Crippen molar-refractivity contribution >= 4 is 22.2 Å². The Bertz CT molecular complexity index is 446. The van der Waals surface area contributed by atoms with Crippen molar-refractivity contribution < 1.29 is 9.47 Å². The summed E-state index contributed by atoms with van der Waals surface area (Å²) in [5.41, 5.74) is 2.43. The fourth-order valence-electron chi connectivity index (χ4n) is 3.13. The van der Waals surface area contributed by atoms with Gasteiger partial charge >= 0.3 is 0 Å². The van der Waals surface area contributed by atoms with Crippen molar-refractivity contribution in [1.29, 1.82) is 0 Å². The summed E-state index contributed by atoms with van der Waals surface area (Å²) < 4.78 is 14.2. The van der Waals surface area contributed by atoms with Gasteiger partial charge in [0.1, 0.15) is 16.5 Å². The molecule has 0 heterocycles. The van der Waals surface area contributed by atoms with Crippen LogP contribution in [0.2, 0.25) is 39.3 Å². The third kappa shape index (κ3) is 5.23. The molecule has 0 amide bonds. The first-order chi connectivity index (χ1) is 10.1. The van der Waals surface area contributed by atoms with E-state index in [1.807, 2.05) is 13.8 Å². The Balaban J connectivity index is 3.22. The van der Waals surface area contributed by atoms with E-state index in [0.29, 0.717) is 13.2 Å². The minimum absolute atomic E-state index is 0.264. The standard InChI is InChI=1S/C17H33NO2Si2/c1-9-19-17(20-10-2)15-12-11-13-16(14-15)18(21(3,4)5)22(6,7)8/h11-14,17H,9-10H2,1-8H3. The Hall–Kier alpha value is -0.626. The highest BCUT2D eigenvalue weighted by atomic mass is 28.4. The summed E-state index contributed by atoms with van der Waals surface area (Å²) in [7, 11) is -2.89. The van der Waals surface area contributed by atoms with Crippen LogP contribution < -0.4 is 4.23 Å². The predicted octanol–water partition coefficient (Wildman–Crippen LogP) is 5.23. The molecule has 1 aromatic rings. The lowest BCUT2D eigenvalue weighted by atomic mass is 10.2. The number of hydrogen-bond acceptors (Lipinski definition) is 3. The SMILES string of the molecule is CCOC(OCC)c1cccc(N([Si](C)(C)C)[Si](C)(C)C)c1. The first-order valence-electron chi connectivity index (χ1n) is 8.24. The summed E-state index contributed by atoms with van der Waals surface area (Å²) in [4.78, 5) is 0. The van der Waals surface area contributed by atoms with Gasteiger partial charge in [0, 0.05) is 24.5 Å². The lowest BCUT2D eigenvalue weighted by molar-refractivity contribution is -0.140. The third-order valence-electron chi connectivity index (χ3n) is 3.38. The van der Waals surface area contributed by atoms with Crippen molar-refractivity contribution in [2.45, 2.75) is 59.4 Å². The maximum Gasteiger partial charge on any atom is 0.183 e. The lowest BCUT2D eigenvalue weighted by Crippen LogP contribution is -2.59. The van der Waals surface area contributed by atoms with E-state index < -0.39 is 16.5 Å². The summed E-state index contributed by atoms with van der Waals surface area (Å²) in [6, 6.07) is 8.72. The van der Waals surface area contributed by atoms with Gasteiger partial charge in [-0.2, -0.15) is 0 Å². The number of ether oxygens (including phenoxy) is 2. The number of hydrogen-bond donors (Lipinski definition) is 0. The molecular formula is C17H33NO2Si2. The van der Waals surface area contributed by atoms with Crippen LogP contribution in [0.4, 0.5) is 5.69 Å². The first-order valence-corrected chi connectivity index (χ1v) is 15.1. The van der Waals surface area contributed by atoms with Gasteiger partial charge in [-0.05, 0) is 26.0 Å². The number of rotatable bonds is 8. The van der Waals surface area contributed by atoms with E-state index in [4.69, 9.17) is 9.47 Å². The average molecular weight is 340 g/mol. The second kappa shape index (κ2) is 7.77. The molecule has 0 radical (unpaired) electrons. The van der Waals surface area contributed by atoms with Gasteiger partial charge in [-0.15, -0.1) is 0 Å². The average Bonchev–Trinajstić information content (AvgIpc) is 2.35. The zero-order chi connectivity index (χ0) is 17.0. The topological polar surface area (TPSA) is 21.7 Å². The number of benzene rings is 1. The Kier molecular flexibility index (Phi) is 6.86. The van der Waals surface area contributed by atoms with Crippen molar-refractivity contribution in [1.82, 2.24) is 0 Å². The fourth-order valence-corrected chi connectivity index (χ4v) is 13.0. The summed E-state index contributed by atoms with van der Waals surface area (Å²) in [5, 5.41) is 0. The summed E-state index contributed by atoms with van der Waals surface area (Å²) in [6.45, 7) is 19.8. The van der Waals surface area contributed by atoms with Gasteiger partial charge in [-0.1, -0.05) is 51.4 Å². The van der Waals surface area contributed by atoms with Crippen LogP contribution in [-0.4, -0.2) is 29.7 Å². The zero-order valence-electron chi connectivity index (χ0n) is 15.6. The second-order valence-corrected chi connectivity index (χ2v) is 17.5. The normalized spacial score (nSPS) is 12.8. The Labute approximate surface area is 138 Å². The van der Waals surface area contributed by atoms with E-state index >= 15 is 0 Å². The third-order valence-corrected chi connectivity index (χ3v) is 10.6. The van der Waals surface area contributed by atoms with Gasteiger partial charge in [0.2, 0.25) is 0 Å². The van der Waals surface area contributed by atoms with E-state index in [0.717, 1.165) is 5.56 Å². The zero-order valence-corrected chi connectivity index (χ0v) is 17.6. The van der Waals surface area contributed by atoms with E-state index in [1.54, 1.807) is 0 Å². The van der Waals surface area contributed by atoms with Crippen LogP contribution in [0.1, 0.15) is 25.7 Å². The molecule has 0 aliphatic heterocycles. The molecule has 0 saturated heterocycles. The molecule has 0 saturated carbocycles. The Morgan fingerprint density at radius 1 is 0.909 bits per heavy atom. The quantitative estimate of drug-likeness (QED) is 0.478. The highest BCUT2D eigenvalue weighted by molar-refractivity contribution is 6.99. The Morgan fingerprint density at radius 3 is 1.82 bits per heavy atom. The largest absolute Gasteiger partial charge is 0.425 e. The van der Waals surface area contributed by atoms with Gasteiger partial charge in [0.25, 0.3) is 0 Å². The molecule has 0 atom stereocenters. The van der Waals surface area contributed by atoms with Crippen LogP contribution in [0.3, 0.4) is 0 Å². The summed E-state index contributed by atoms with van der Waals surface area (Å²) in [5.74, 6) is 0. The maximum atomic E-state index is 5.76. The molecule has 0 N–H and O–H groups in total. The molecule has 0 aliphatic carbocycles.